The van der Waals surface area contributed by atoms with Gasteiger partial charge in [-0.1, -0.05) is 18.5 Å². The highest BCUT2D eigenvalue weighted by molar-refractivity contribution is 6.32. The van der Waals surface area contributed by atoms with Gasteiger partial charge >= 0.3 is 0 Å². The number of guanidine groups is 1. The molecule has 0 unspecified atom stereocenters. The summed E-state index contributed by atoms with van der Waals surface area (Å²) >= 11 is 6.04. The van der Waals surface area contributed by atoms with E-state index in [0.717, 1.165) is 17.9 Å². The Labute approximate surface area is 127 Å². The van der Waals surface area contributed by atoms with Gasteiger partial charge in [0.05, 0.1) is 12.1 Å². The average molecular weight is 309 g/mol. The van der Waals surface area contributed by atoms with E-state index in [9.17, 15) is 0 Å². The van der Waals surface area contributed by atoms with Gasteiger partial charge in [0, 0.05) is 12.1 Å². The molecule has 7 nitrogen and oxygen atoms in total. The van der Waals surface area contributed by atoms with Gasteiger partial charge in [0.2, 0.25) is 0 Å². The Balaban J connectivity index is 1.98. The molecule has 1 aromatic heterocycles. The molecule has 0 radical (unpaired) electrons. The molecule has 1 aromatic carbocycles. The summed E-state index contributed by atoms with van der Waals surface area (Å²) in [5, 5.41) is 10.3. The summed E-state index contributed by atoms with van der Waals surface area (Å²) < 4.78 is 5.08. The number of benzene rings is 1. The zero-order valence-electron chi connectivity index (χ0n) is 11.9. The molecule has 4 N–H and O–H groups in total. The van der Waals surface area contributed by atoms with E-state index < -0.39 is 0 Å². The van der Waals surface area contributed by atoms with E-state index in [1.165, 1.54) is 0 Å². The lowest BCUT2D eigenvalue weighted by atomic mass is 10.3. The summed E-state index contributed by atoms with van der Waals surface area (Å²) in [5.74, 6) is 2.30. The third-order valence-corrected chi connectivity index (χ3v) is 3.01. The first-order chi connectivity index (χ1) is 10.1. The van der Waals surface area contributed by atoms with Crippen LogP contribution < -0.4 is 15.8 Å². The lowest BCUT2D eigenvalue weighted by Crippen LogP contribution is -2.22. The summed E-state index contributed by atoms with van der Waals surface area (Å²) in [5.41, 5.74) is 6.55. The van der Waals surface area contributed by atoms with Crippen molar-refractivity contribution in [3.63, 3.8) is 0 Å². The van der Waals surface area contributed by atoms with Crippen molar-refractivity contribution in [1.82, 2.24) is 15.2 Å². The van der Waals surface area contributed by atoms with E-state index in [2.05, 4.69) is 25.5 Å². The van der Waals surface area contributed by atoms with Gasteiger partial charge in [-0.15, -0.1) is 0 Å². The number of methoxy groups -OCH3 is 1. The van der Waals surface area contributed by atoms with Crippen LogP contribution in [-0.4, -0.2) is 28.3 Å². The number of halogens is 1. The highest BCUT2D eigenvalue weighted by Crippen LogP contribution is 2.26. The number of nitrogens with zero attached hydrogens (tertiary/aromatic N) is 3. The lowest BCUT2D eigenvalue weighted by Gasteiger charge is -2.08. The van der Waals surface area contributed by atoms with Gasteiger partial charge in [-0.05, 0) is 18.2 Å². The Morgan fingerprint density at radius 3 is 2.95 bits per heavy atom. The van der Waals surface area contributed by atoms with E-state index in [4.69, 9.17) is 22.1 Å². The van der Waals surface area contributed by atoms with Gasteiger partial charge in [-0.2, -0.15) is 5.10 Å². The summed E-state index contributed by atoms with van der Waals surface area (Å²) in [6.07, 6.45) is 0.776. The molecule has 2 aromatic rings. The molecule has 1 heterocycles. The van der Waals surface area contributed by atoms with Crippen LogP contribution >= 0.6 is 11.6 Å². The first kappa shape index (κ1) is 15.1. The Morgan fingerprint density at radius 1 is 1.52 bits per heavy atom. The van der Waals surface area contributed by atoms with Crippen molar-refractivity contribution in [1.29, 1.82) is 0 Å². The molecule has 112 valence electrons. The number of aromatic amines is 1. The third-order valence-electron chi connectivity index (χ3n) is 2.72. The fraction of sp³-hybridized carbons (Fsp3) is 0.308. The SMILES string of the molecule is CCc1n[nH]c(CN=C(N)Nc2ccc(OC)c(Cl)c2)n1. The van der Waals surface area contributed by atoms with E-state index in [0.29, 0.717) is 23.1 Å². The number of aromatic nitrogens is 3. The van der Waals surface area contributed by atoms with Gasteiger partial charge in [-0.3, -0.25) is 5.10 Å². The van der Waals surface area contributed by atoms with Crippen molar-refractivity contribution in [2.75, 3.05) is 12.4 Å². The van der Waals surface area contributed by atoms with Crippen molar-refractivity contribution < 1.29 is 4.74 Å². The number of H-pyrrole nitrogens is 1. The largest absolute Gasteiger partial charge is 0.495 e. The number of nitrogens with one attached hydrogen (secondary N) is 2. The highest BCUT2D eigenvalue weighted by Gasteiger charge is 2.03. The minimum Gasteiger partial charge on any atom is -0.495 e. The number of aryl methyl sites for hydroxylation is 1. The van der Waals surface area contributed by atoms with Crippen molar-refractivity contribution in [2.24, 2.45) is 10.7 Å². The number of ether oxygens (including phenoxy) is 1. The molecule has 0 aliphatic heterocycles. The quantitative estimate of drug-likeness (QED) is 0.579. The number of aliphatic imine (C=N–C) groups is 1. The van der Waals surface area contributed by atoms with E-state index >= 15 is 0 Å². The van der Waals surface area contributed by atoms with Crippen molar-refractivity contribution in [2.45, 2.75) is 19.9 Å². The monoisotopic (exact) mass is 308 g/mol. The maximum absolute atomic E-state index is 6.04. The van der Waals surface area contributed by atoms with Crippen LogP contribution in [0.1, 0.15) is 18.6 Å². The zero-order chi connectivity index (χ0) is 15.2. The molecule has 0 atom stereocenters. The van der Waals surface area contributed by atoms with Crippen LogP contribution in [0.5, 0.6) is 5.75 Å². The predicted octanol–water partition coefficient (Wildman–Crippen LogP) is 1.96. The first-order valence-corrected chi connectivity index (χ1v) is 6.80. The fourth-order valence-corrected chi connectivity index (χ4v) is 1.91. The van der Waals surface area contributed by atoms with Crippen LogP contribution in [0.3, 0.4) is 0 Å². The van der Waals surface area contributed by atoms with E-state index in [-0.39, 0.29) is 5.96 Å². The topological polar surface area (TPSA) is 101 Å². The smallest absolute Gasteiger partial charge is 0.193 e. The number of hydrogen-bond acceptors (Lipinski definition) is 4. The molecule has 0 saturated carbocycles. The average Bonchev–Trinajstić information content (AvgIpc) is 2.93. The summed E-state index contributed by atoms with van der Waals surface area (Å²) in [6, 6.07) is 5.27. The zero-order valence-corrected chi connectivity index (χ0v) is 12.6. The van der Waals surface area contributed by atoms with Gasteiger partial charge in [0.15, 0.2) is 11.8 Å². The van der Waals surface area contributed by atoms with Crippen LogP contribution in [0, 0.1) is 0 Å². The normalized spacial score (nSPS) is 11.5. The molecule has 0 amide bonds. The maximum atomic E-state index is 6.04. The minimum atomic E-state index is 0.269. The number of nitrogens with two attached hydrogens (primary N) is 1. The van der Waals surface area contributed by atoms with Gasteiger partial charge < -0.3 is 15.8 Å². The highest BCUT2D eigenvalue weighted by atomic mass is 35.5. The molecule has 0 aliphatic carbocycles. The van der Waals surface area contributed by atoms with Crippen LogP contribution in [0.15, 0.2) is 23.2 Å². The Kier molecular flexibility index (Phi) is 4.99. The minimum absolute atomic E-state index is 0.269. The van der Waals surface area contributed by atoms with Gasteiger partial charge in [0.25, 0.3) is 0 Å². The second-order valence-corrected chi connectivity index (χ2v) is 4.63. The van der Waals surface area contributed by atoms with Crippen LogP contribution in [0.4, 0.5) is 5.69 Å². The molecule has 0 saturated heterocycles. The Morgan fingerprint density at radius 2 is 2.33 bits per heavy atom. The molecule has 0 bridgehead atoms. The van der Waals surface area contributed by atoms with Crippen LogP contribution in [0.2, 0.25) is 5.02 Å². The molecular formula is C13H17ClN6O. The molecule has 0 fully saturated rings. The Bertz CT molecular complexity index is 639. The second kappa shape index (κ2) is 6.94. The van der Waals surface area contributed by atoms with Gasteiger partial charge in [-0.25, -0.2) is 9.98 Å². The van der Waals surface area contributed by atoms with Crippen molar-refractivity contribution in [3.8, 4) is 5.75 Å². The molecule has 8 heteroatoms. The third kappa shape index (κ3) is 4.09. The number of hydrogen-bond donors (Lipinski definition) is 3. The van der Waals surface area contributed by atoms with Crippen LogP contribution in [0.25, 0.3) is 0 Å². The summed E-state index contributed by atoms with van der Waals surface area (Å²) in [4.78, 5) is 8.43. The maximum Gasteiger partial charge on any atom is 0.193 e. The van der Waals surface area contributed by atoms with Crippen molar-refractivity contribution in [3.05, 3.63) is 34.9 Å². The predicted molar refractivity (Wildman–Crippen MR) is 82.7 cm³/mol. The molecule has 0 spiro atoms. The summed E-state index contributed by atoms with van der Waals surface area (Å²) in [7, 11) is 1.56. The lowest BCUT2D eigenvalue weighted by molar-refractivity contribution is 0.415. The molecule has 2 rings (SSSR count). The molecule has 0 aliphatic rings. The fourth-order valence-electron chi connectivity index (χ4n) is 1.66. The van der Waals surface area contributed by atoms with Crippen LogP contribution in [-0.2, 0) is 13.0 Å². The van der Waals surface area contributed by atoms with Crippen molar-refractivity contribution >= 4 is 23.2 Å². The summed E-state index contributed by atoms with van der Waals surface area (Å²) in [6.45, 7) is 2.31. The van der Waals surface area contributed by atoms with E-state index in [1.54, 1.807) is 25.3 Å². The standard InChI is InChI=1S/C13H17ClN6O/c1-3-11-18-12(20-19-11)7-16-13(15)17-8-4-5-10(21-2)9(14)6-8/h4-6H,3,7H2,1-2H3,(H3,15,16,17)(H,18,19,20). The number of rotatable bonds is 5. The van der Waals surface area contributed by atoms with E-state index in [1.807, 2.05) is 6.92 Å². The second-order valence-electron chi connectivity index (χ2n) is 4.23. The van der Waals surface area contributed by atoms with Gasteiger partial charge in [0.1, 0.15) is 18.1 Å². The Hall–Kier alpha value is -2.28. The number of anilines is 1. The first-order valence-electron chi connectivity index (χ1n) is 6.43. The molecular weight excluding hydrogens is 292 g/mol. The molecule has 21 heavy (non-hydrogen) atoms.